The van der Waals surface area contributed by atoms with Gasteiger partial charge in [-0.3, -0.25) is 4.79 Å². The van der Waals surface area contributed by atoms with Crippen LogP contribution in [0.1, 0.15) is 27.2 Å². The highest BCUT2D eigenvalue weighted by molar-refractivity contribution is 5.73. The number of carbonyl (C=O) groups is 1. The predicted octanol–water partition coefficient (Wildman–Crippen LogP) is 2.31. The molecule has 0 saturated carbocycles. The summed E-state index contributed by atoms with van der Waals surface area (Å²) in [4.78, 5) is 10.8. The fourth-order valence-electron chi connectivity index (χ4n) is 1.80. The molecule has 0 bridgehead atoms. The van der Waals surface area contributed by atoms with Gasteiger partial charge >= 0.3 is 5.97 Å². The summed E-state index contributed by atoms with van der Waals surface area (Å²) in [6.07, 6.45) is 4.70. The molecule has 68 valence electrons. The van der Waals surface area contributed by atoms with Crippen LogP contribution in [0.15, 0.2) is 12.2 Å². The molecular weight excluding hydrogens is 152 g/mol. The van der Waals surface area contributed by atoms with Gasteiger partial charge in [0.1, 0.15) is 0 Å². The molecule has 1 aliphatic rings. The van der Waals surface area contributed by atoms with Crippen molar-refractivity contribution >= 4 is 5.97 Å². The number of carboxylic acid groups (broad SMARTS) is 1. The Labute approximate surface area is 73.3 Å². The first-order valence-corrected chi connectivity index (χ1v) is 4.32. The summed E-state index contributed by atoms with van der Waals surface area (Å²) >= 11 is 0. The lowest BCUT2D eigenvalue weighted by Crippen LogP contribution is -2.29. The molecule has 2 unspecified atom stereocenters. The van der Waals surface area contributed by atoms with E-state index in [1.165, 1.54) is 0 Å². The Balaban J connectivity index is 2.75. The minimum Gasteiger partial charge on any atom is -0.481 e. The third-order valence-electron chi connectivity index (χ3n) is 2.56. The predicted molar refractivity (Wildman–Crippen MR) is 47.8 cm³/mol. The first-order valence-electron chi connectivity index (χ1n) is 4.32. The van der Waals surface area contributed by atoms with E-state index in [1.54, 1.807) is 0 Å². The molecule has 2 nitrogen and oxygen atoms in total. The number of hydrogen-bond acceptors (Lipinski definition) is 1. The van der Waals surface area contributed by atoms with Gasteiger partial charge in [0, 0.05) is 0 Å². The molecule has 2 atom stereocenters. The molecule has 0 heterocycles. The van der Waals surface area contributed by atoms with Crippen LogP contribution >= 0.6 is 0 Å². The molecule has 0 aromatic rings. The highest BCUT2D eigenvalue weighted by Gasteiger charge is 2.36. The summed E-state index contributed by atoms with van der Waals surface area (Å²) in [7, 11) is 0. The van der Waals surface area contributed by atoms with Crippen molar-refractivity contribution in [3.05, 3.63) is 12.2 Å². The summed E-state index contributed by atoms with van der Waals surface area (Å²) in [5, 5.41) is 8.90. The molecule has 0 amide bonds. The van der Waals surface area contributed by atoms with Crippen molar-refractivity contribution < 1.29 is 9.90 Å². The summed E-state index contributed by atoms with van der Waals surface area (Å²) in [6, 6.07) is 0. The number of allylic oxidation sites excluding steroid dienone is 1. The van der Waals surface area contributed by atoms with Crippen molar-refractivity contribution in [2.75, 3.05) is 0 Å². The van der Waals surface area contributed by atoms with Crippen LogP contribution < -0.4 is 0 Å². The van der Waals surface area contributed by atoms with E-state index in [-0.39, 0.29) is 17.3 Å². The average Bonchev–Trinajstić information content (AvgIpc) is 2.30. The van der Waals surface area contributed by atoms with E-state index in [0.717, 1.165) is 6.42 Å². The van der Waals surface area contributed by atoms with Crippen molar-refractivity contribution in [3.8, 4) is 0 Å². The van der Waals surface area contributed by atoms with E-state index in [4.69, 9.17) is 5.11 Å². The van der Waals surface area contributed by atoms with Crippen LogP contribution in [0.2, 0.25) is 0 Å². The minimum absolute atomic E-state index is 0.0898. The molecule has 0 aromatic carbocycles. The zero-order chi connectivity index (χ0) is 9.35. The molecule has 1 N–H and O–H groups in total. The number of aliphatic carboxylic acids is 1. The quantitative estimate of drug-likeness (QED) is 0.610. The summed E-state index contributed by atoms with van der Waals surface area (Å²) in [5.41, 5.74) is 0.0898. The normalized spacial score (nSPS) is 29.2. The fourth-order valence-corrected chi connectivity index (χ4v) is 1.80. The van der Waals surface area contributed by atoms with Crippen LogP contribution in [-0.2, 0) is 4.79 Å². The molecule has 12 heavy (non-hydrogen) atoms. The monoisotopic (exact) mass is 168 g/mol. The molecule has 2 heteroatoms. The van der Waals surface area contributed by atoms with Gasteiger partial charge in [0.05, 0.1) is 5.92 Å². The van der Waals surface area contributed by atoms with Crippen LogP contribution in [0.4, 0.5) is 0 Å². The lowest BCUT2D eigenvalue weighted by Gasteiger charge is -2.30. The Morgan fingerprint density at radius 2 is 2.08 bits per heavy atom. The second-order valence-electron chi connectivity index (χ2n) is 4.50. The molecule has 1 aliphatic carbocycles. The Morgan fingerprint density at radius 1 is 1.50 bits per heavy atom. The van der Waals surface area contributed by atoms with Gasteiger partial charge in [-0.05, 0) is 17.8 Å². The van der Waals surface area contributed by atoms with Gasteiger partial charge in [0.2, 0.25) is 0 Å². The zero-order valence-corrected chi connectivity index (χ0v) is 7.87. The maximum absolute atomic E-state index is 10.8. The van der Waals surface area contributed by atoms with Gasteiger partial charge < -0.3 is 5.11 Å². The molecule has 1 rings (SSSR count). The first kappa shape index (κ1) is 9.30. The second-order valence-corrected chi connectivity index (χ2v) is 4.50. The third kappa shape index (κ3) is 1.68. The standard InChI is InChI=1S/C10H16O2/c1-10(2,3)8-6-4-5-7(8)9(11)12/h4-5,7-8H,6H2,1-3H3,(H,11,12). The van der Waals surface area contributed by atoms with Gasteiger partial charge in [0.25, 0.3) is 0 Å². The van der Waals surface area contributed by atoms with Crippen LogP contribution in [0.25, 0.3) is 0 Å². The van der Waals surface area contributed by atoms with E-state index in [0.29, 0.717) is 0 Å². The largest absolute Gasteiger partial charge is 0.481 e. The molecule has 0 aliphatic heterocycles. The molecule has 0 fully saturated rings. The Bertz CT molecular complexity index is 210. The Kier molecular flexibility index (Phi) is 2.27. The van der Waals surface area contributed by atoms with Crippen molar-refractivity contribution in [1.29, 1.82) is 0 Å². The molecule has 0 spiro atoms. The number of carboxylic acids is 1. The molecule has 0 radical (unpaired) electrons. The zero-order valence-electron chi connectivity index (χ0n) is 7.87. The van der Waals surface area contributed by atoms with Gasteiger partial charge in [-0.1, -0.05) is 32.9 Å². The first-order chi connectivity index (χ1) is 5.43. The topological polar surface area (TPSA) is 37.3 Å². The smallest absolute Gasteiger partial charge is 0.310 e. The van der Waals surface area contributed by atoms with Crippen LogP contribution in [-0.4, -0.2) is 11.1 Å². The molecule has 0 aromatic heterocycles. The maximum atomic E-state index is 10.8. The lowest BCUT2D eigenvalue weighted by molar-refractivity contribution is -0.142. The highest BCUT2D eigenvalue weighted by Crippen LogP contribution is 2.39. The van der Waals surface area contributed by atoms with E-state index in [9.17, 15) is 4.79 Å². The summed E-state index contributed by atoms with van der Waals surface area (Å²) < 4.78 is 0. The van der Waals surface area contributed by atoms with E-state index >= 15 is 0 Å². The van der Waals surface area contributed by atoms with E-state index < -0.39 is 5.97 Å². The SMILES string of the molecule is CC(C)(C)C1CC=CC1C(=O)O. The fraction of sp³-hybridized carbons (Fsp3) is 0.700. The van der Waals surface area contributed by atoms with E-state index in [2.05, 4.69) is 20.8 Å². The number of rotatable bonds is 1. The van der Waals surface area contributed by atoms with Crippen LogP contribution in [0.5, 0.6) is 0 Å². The van der Waals surface area contributed by atoms with Gasteiger partial charge in [-0.25, -0.2) is 0 Å². The Morgan fingerprint density at radius 3 is 2.42 bits per heavy atom. The van der Waals surface area contributed by atoms with Crippen molar-refractivity contribution in [3.63, 3.8) is 0 Å². The average molecular weight is 168 g/mol. The van der Waals surface area contributed by atoms with Gasteiger partial charge in [-0.15, -0.1) is 0 Å². The molecular formula is C10H16O2. The lowest BCUT2D eigenvalue weighted by atomic mass is 9.74. The van der Waals surface area contributed by atoms with Gasteiger partial charge in [-0.2, -0.15) is 0 Å². The summed E-state index contributed by atoms with van der Waals surface area (Å²) in [6.45, 7) is 6.29. The highest BCUT2D eigenvalue weighted by atomic mass is 16.4. The maximum Gasteiger partial charge on any atom is 0.310 e. The number of hydrogen-bond donors (Lipinski definition) is 1. The Hall–Kier alpha value is -0.790. The van der Waals surface area contributed by atoms with Crippen LogP contribution in [0, 0.1) is 17.3 Å². The van der Waals surface area contributed by atoms with Crippen molar-refractivity contribution in [1.82, 2.24) is 0 Å². The second kappa shape index (κ2) is 2.92. The van der Waals surface area contributed by atoms with E-state index in [1.807, 2.05) is 12.2 Å². The van der Waals surface area contributed by atoms with Crippen molar-refractivity contribution in [2.24, 2.45) is 17.3 Å². The summed E-state index contributed by atoms with van der Waals surface area (Å²) in [5.74, 6) is -0.705. The molecule has 0 saturated heterocycles. The minimum atomic E-state index is -0.691. The third-order valence-corrected chi connectivity index (χ3v) is 2.56. The van der Waals surface area contributed by atoms with Crippen molar-refractivity contribution in [2.45, 2.75) is 27.2 Å². The van der Waals surface area contributed by atoms with Gasteiger partial charge in [0.15, 0.2) is 0 Å². The van der Waals surface area contributed by atoms with Crippen LogP contribution in [0.3, 0.4) is 0 Å².